The molecule has 0 bridgehead atoms. The van der Waals surface area contributed by atoms with Crippen molar-refractivity contribution < 1.29 is 12.8 Å². The van der Waals surface area contributed by atoms with Crippen molar-refractivity contribution in [1.29, 1.82) is 0 Å². The molecule has 1 fully saturated rings. The van der Waals surface area contributed by atoms with E-state index in [2.05, 4.69) is 38.1 Å². The Hall–Kier alpha value is -3.63. The molecular formula is C26H25FN6O2S. The van der Waals surface area contributed by atoms with Crippen molar-refractivity contribution in [3.63, 3.8) is 0 Å². The van der Waals surface area contributed by atoms with Crippen molar-refractivity contribution in [1.82, 2.24) is 28.8 Å². The molecule has 1 aliphatic rings. The second kappa shape index (κ2) is 8.79. The fraction of sp³-hybridized carbons (Fsp3) is 0.269. The molecule has 0 spiro atoms. The first-order valence-electron chi connectivity index (χ1n) is 11.8. The number of halogens is 1. The van der Waals surface area contributed by atoms with Crippen LogP contribution >= 0.6 is 0 Å². The number of benzene rings is 1. The Morgan fingerprint density at radius 3 is 2.69 bits per heavy atom. The van der Waals surface area contributed by atoms with Crippen LogP contribution < -0.4 is 0 Å². The SMILES string of the molecule is CS(=O)(=O)N1CCC(c2cc3c(-c4ccc5ncn(Cc6cncc(F)c6)c5c4)ccnc3[nH]2)CC1. The van der Waals surface area contributed by atoms with Gasteiger partial charge in [-0.1, -0.05) is 6.07 Å². The summed E-state index contributed by atoms with van der Waals surface area (Å²) in [5.41, 5.74) is 6.56. The lowest BCUT2D eigenvalue weighted by molar-refractivity contribution is 0.319. The summed E-state index contributed by atoms with van der Waals surface area (Å²) in [6.07, 6.45) is 9.23. The second-order valence-electron chi connectivity index (χ2n) is 9.37. The maximum Gasteiger partial charge on any atom is 0.211 e. The van der Waals surface area contributed by atoms with Gasteiger partial charge in [0, 0.05) is 42.5 Å². The first-order valence-corrected chi connectivity index (χ1v) is 13.7. The van der Waals surface area contributed by atoms with E-state index >= 15 is 0 Å². The van der Waals surface area contributed by atoms with Gasteiger partial charge in [-0.25, -0.2) is 27.1 Å². The molecule has 0 saturated carbocycles. The lowest BCUT2D eigenvalue weighted by atomic mass is 9.94. The summed E-state index contributed by atoms with van der Waals surface area (Å²) in [4.78, 5) is 16.5. The van der Waals surface area contributed by atoms with Crippen LogP contribution in [0.2, 0.25) is 0 Å². The lowest BCUT2D eigenvalue weighted by Gasteiger charge is -2.29. The Balaban J connectivity index is 1.33. The van der Waals surface area contributed by atoms with E-state index in [4.69, 9.17) is 0 Å². The smallest absolute Gasteiger partial charge is 0.211 e. The largest absolute Gasteiger partial charge is 0.343 e. The quantitative estimate of drug-likeness (QED) is 0.385. The highest BCUT2D eigenvalue weighted by atomic mass is 32.2. The Morgan fingerprint density at radius 1 is 1.08 bits per heavy atom. The fourth-order valence-corrected chi connectivity index (χ4v) is 5.98. The average molecular weight is 505 g/mol. The Morgan fingerprint density at radius 2 is 1.92 bits per heavy atom. The molecule has 0 aliphatic carbocycles. The van der Waals surface area contributed by atoms with E-state index in [0.717, 1.165) is 57.3 Å². The van der Waals surface area contributed by atoms with E-state index in [0.29, 0.717) is 19.6 Å². The van der Waals surface area contributed by atoms with Crippen LogP contribution in [-0.2, 0) is 16.6 Å². The third-order valence-electron chi connectivity index (χ3n) is 6.96. The number of aromatic amines is 1. The highest BCUT2D eigenvalue weighted by molar-refractivity contribution is 7.88. The molecule has 6 rings (SSSR count). The van der Waals surface area contributed by atoms with Gasteiger partial charge in [0.2, 0.25) is 10.0 Å². The zero-order valence-corrected chi connectivity index (χ0v) is 20.5. The van der Waals surface area contributed by atoms with Crippen molar-refractivity contribution in [2.75, 3.05) is 19.3 Å². The summed E-state index contributed by atoms with van der Waals surface area (Å²) in [7, 11) is -3.16. The molecule has 1 saturated heterocycles. The standard InChI is InChI=1S/C26H25FN6O2S/c1-36(34,35)33-8-5-18(6-9-33)24-12-22-21(4-7-29-26(22)31-24)19-2-3-23-25(11-19)32(16-30-23)15-17-10-20(27)14-28-13-17/h2-4,7,10-14,16,18H,5-6,8-9,15H2,1H3,(H,29,31). The van der Waals surface area contributed by atoms with Crippen LogP contribution in [-0.4, -0.2) is 56.6 Å². The fourth-order valence-electron chi connectivity index (χ4n) is 5.11. The second-order valence-corrected chi connectivity index (χ2v) is 11.4. The highest BCUT2D eigenvalue weighted by Gasteiger charge is 2.27. The number of aromatic nitrogens is 5. The molecule has 0 unspecified atom stereocenters. The van der Waals surface area contributed by atoms with Crippen LogP contribution in [0.25, 0.3) is 33.2 Å². The molecule has 0 atom stereocenters. The van der Waals surface area contributed by atoms with Gasteiger partial charge in [0.05, 0.1) is 36.4 Å². The summed E-state index contributed by atoms with van der Waals surface area (Å²) in [5, 5.41) is 1.03. The number of nitrogens with zero attached hydrogens (tertiary/aromatic N) is 5. The Bertz CT molecular complexity index is 1690. The number of H-pyrrole nitrogens is 1. The van der Waals surface area contributed by atoms with Gasteiger partial charge in [-0.3, -0.25) is 4.98 Å². The molecule has 1 aliphatic heterocycles. The van der Waals surface area contributed by atoms with Gasteiger partial charge in [-0.05, 0) is 59.9 Å². The number of sulfonamides is 1. The van der Waals surface area contributed by atoms with E-state index in [9.17, 15) is 12.8 Å². The zero-order valence-electron chi connectivity index (χ0n) is 19.7. The van der Waals surface area contributed by atoms with Gasteiger partial charge in [-0.15, -0.1) is 0 Å². The van der Waals surface area contributed by atoms with Gasteiger partial charge in [0.25, 0.3) is 0 Å². The Kier molecular flexibility index (Phi) is 5.57. The van der Waals surface area contributed by atoms with Crippen LogP contribution in [0, 0.1) is 5.82 Å². The van der Waals surface area contributed by atoms with Crippen molar-refractivity contribution in [2.24, 2.45) is 0 Å². The molecule has 5 heterocycles. The van der Waals surface area contributed by atoms with Crippen LogP contribution in [0.3, 0.4) is 0 Å². The average Bonchev–Trinajstić information content (AvgIpc) is 3.48. The summed E-state index contributed by atoms with van der Waals surface area (Å²) in [6.45, 7) is 1.53. The number of rotatable bonds is 5. The van der Waals surface area contributed by atoms with Gasteiger partial charge in [0.15, 0.2) is 0 Å². The van der Waals surface area contributed by atoms with Crippen molar-refractivity contribution in [3.05, 3.63) is 78.4 Å². The highest BCUT2D eigenvalue weighted by Crippen LogP contribution is 2.35. The first-order chi connectivity index (χ1) is 17.3. The molecule has 10 heteroatoms. The minimum absolute atomic E-state index is 0.258. The van der Waals surface area contributed by atoms with Crippen LogP contribution in [0.5, 0.6) is 0 Å². The molecule has 36 heavy (non-hydrogen) atoms. The van der Waals surface area contributed by atoms with Crippen molar-refractivity contribution >= 4 is 32.1 Å². The van der Waals surface area contributed by atoms with Crippen LogP contribution in [0.4, 0.5) is 4.39 Å². The van der Waals surface area contributed by atoms with E-state index in [1.165, 1.54) is 18.5 Å². The maximum atomic E-state index is 13.6. The monoisotopic (exact) mass is 504 g/mol. The van der Waals surface area contributed by atoms with E-state index in [1.54, 1.807) is 23.0 Å². The minimum Gasteiger partial charge on any atom is -0.343 e. The number of hydrogen-bond acceptors (Lipinski definition) is 5. The van der Waals surface area contributed by atoms with Gasteiger partial charge >= 0.3 is 0 Å². The summed E-state index contributed by atoms with van der Waals surface area (Å²) in [6, 6.07) is 11.8. The predicted molar refractivity (Wildman–Crippen MR) is 137 cm³/mol. The summed E-state index contributed by atoms with van der Waals surface area (Å²) < 4.78 is 40.9. The number of imidazole rings is 1. The molecule has 1 aromatic carbocycles. The van der Waals surface area contributed by atoms with E-state index in [1.807, 2.05) is 16.7 Å². The van der Waals surface area contributed by atoms with Crippen molar-refractivity contribution in [2.45, 2.75) is 25.3 Å². The number of nitrogens with one attached hydrogen (secondary N) is 1. The number of piperidine rings is 1. The molecule has 184 valence electrons. The minimum atomic E-state index is -3.16. The molecule has 4 aromatic heterocycles. The first kappa shape index (κ1) is 22.8. The van der Waals surface area contributed by atoms with Gasteiger partial charge in [-0.2, -0.15) is 0 Å². The molecule has 8 nitrogen and oxygen atoms in total. The topological polar surface area (TPSA) is 96.8 Å². The van der Waals surface area contributed by atoms with E-state index < -0.39 is 10.0 Å². The van der Waals surface area contributed by atoms with Crippen molar-refractivity contribution in [3.8, 4) is 11.1 Å². The molecular weight excluding hydrogens is 479 g/mol. The summed E-state index contributed by atoms with van der Waals surface area (Å²) >= 11 is 0. The lowest BCUT2D eigenvalue weighted by Crippen LogP contribution is -2.37. The van der Waals surface area contributed by atoms with Crippen LogP contribution in [0.1, 0.15) is 30.0 Å². The van der Waals surface area contributed by atoms with Gasteiger partial charge in [0.1, 0.15) is 11.5 Å². The number of pyridine rings is 2. The Labute approximate surface area is 207 Å². The number of hydrogen-bond donors (Lipinski definition) is 1. The predicted octanol–water partition coefficient (Wildman–Crippen LogP) is 4.30. The maximum absolute atomic E-state index is 13.6. The molecule has 0 radical (unpaired) electrons. The third kappa shape index (κ3) is 4.27. The summed E-state index contributed by atoms with van der Waals surface area (Å²) in [5.74, 6) is -0.101. The molecule has 1 N–H and O–H groups in total. The molecule has 5 aromatic rings. The van der Waals surface area contributed by atoms with Gasteiger partial charge < -0.3 is 9.55 Å². The zero-order chi connectivity index (χ0) is 24.9. The molecule has 0 amide bonds. The van der Waals surface area contributed by atoms with E-state index in [-0.39, 0.29) is 11.7 Å². The normalized spacial score (nSPS) is 15.7. The third-order valence-corrected chi connectivity index (χ3v) is 8.27. The van der Waals surface area contributed by atoms with Crippen LogP contribution in [0.15, 0.2) is 61.3 Å². The number of fused-ring (bicyclic) bond motifs is 2.